The molecule has 0 aliphatic carbocycles. The second-order valence-electron chi connectivity index (χ2n) is 2.76. The molecule has 1 N–H and O–H groups in total. The second-order valence-corrected chi connectivity index (χ2v) is 2.76. The van der Waals surface area contributed by atoms with Crippen molar-refractivity contribution < 1.29 is 31.9 Å². The largest absolute Gasteiger partial charge is 0.477 e. The Balaban J connectivity index is 4.83. The van der Waals surface area contributed by atoms with E-state index in [2.05, 4.69) is 0 Å². The van der Waals surface area contributed by atoms with Crippen molar-refractivity contribution in [2.45, 2.75) is 37.8 Å². The van der Waals surface area contributed by atoms with Crippen LogP contribution in [0.15, 0.2) is 0 Å². The number of carbonyl (C=O) groups is 1. The van der Waals surface area contributed by atoms with Crippen LogP contribution in [0.2, 0.25) is 0 Å². The van der Waals surface area contributed by atoms with Crippen LogP contribution < -0.4 is 0 Å². The highest BCUT2D eigenvalue weighted by Crippen LogP contribution is 2.40. The van der Waals surface area contributed by atoms with Crippen molar-refractivity contribution in [3.63, 3.8) is 0 Å². The van der Waals surface area contributed by atoms with Crippen molar-refractivity contribution >= 4 is 5.97 Å². The summed E-state index contributed by atoms with van der Waals surface area (Å²) in [6.45, 7) is 1.32. The maximum Gasteiger partial charge on any atom is 0.407 e. The van der Waals surface area contributed by atoms with Crippen LogP contribution in [-0.2, 0) is 4.79 Å². The summed E-state index contributed by atoms with van der Waals surface area (Å²) in [5.74, 6) is -13.6. The van der Waals surface area contributed by atoms with Crippen LogP contribution >= 0.6 is 0 Å². The Morgan fingerprint density at radius 2 is 1.79 bits per heavy atom. The molecule has 0 heterocycles. The minimum Gasteiger partial charge on any atom is -0.477 e. The predicted molar refractivity (Wildman–Crippen MR) is 37.3 cm³/mol. The Bertz CT molecular complexity index is 216. The van der Waals surface area contributed by atoms with Crippen molar-refractivity contribution in [2.24, 2.45) is 0 Å². The highest BCUT2D eigenvalue weighted by Gasteiger charge is 2.66. The molecule has 14 heavy (non-hydrogen) atoms. The fourth-order valence-corrected chi connectivity index (χ4v) is 0.774. The molecular weight excluding hydrogens is 211 g/mol. The lowest BCUT2D eigenvalue weighted by molar-refractivity contribution is -0.244. The zero-order chi connectivity index (χ0) is 11.6. The molecule has 0 bridgehead atoms. The van der Waals surface area contributed by atoms with Gasteiger partial charge in [-0.15, -0.1) is 0 Å². The number of hydrogen-bond acceptors (Lipinski definition) is 1. The van der Waals surface area contributed by atoms with Gasteiger partial charge in [-0.2, -0.15) is 17.6 Å². The highest BCUT2D eigenvalue weighted by molar-refractivity contribution is 5.76. The Morgan fingerprint density at radius 1 is 1.36 bits per heavy atom. The molecule has 0 radical (unpaired) electrons. The quantitative estimate of drug-likeness (QED) is 0.722. The monoisotopic (exact) mass is 220 g/mol. The third kappa shape index (κ3) is 2.13. The van der Waals surface area contributed by atoms with Gasteiger partial charge < -0.3 is 5.11 Å². The molecule has 0 saturated carbocycles. The molecule has 0 aliphatic rings. The Labute approximate surface area is 76.7 Å². The lowest BCUT2D eigenvalue weighted by Gasteiger charge is -2.25. The van der Waals surface area contributed by atoms with Gasteiger partial charge in [0.05, 0.1) is 0 Å². The van der Waals surface area contributed by atoms with Gasteiger partial charge in [-0.25, -0.2) is 9.18 Å². The van der Waals surface area contributed by atoms with E-state index in [1.807, 2.05) is 0 Å². The summed E-state index contributed by atoms with van der Waals surface area (Å²) in [6.07, 6.45) is -4.04. The molecule has 1 unspecified atom stereocenters. The summed E-state index contributed by atoms with van der Waals surface area (Å²) in [4.78, 5) is 9.78. The SMILES string of the molecule is CCCC(F)C(F)(F)C(F)(F)C(=O)O. The topological polar surface area (TPSA) is 37.3 Å². The zero-order valence-corrected chi connectivity index (χ0v) is 7.24. The van der Waals surface area contributed by atoms with Gasteiger partial charge in [0.25, 0.3) is 0 Å². The molecule has 0 fully saturated rings. The Morgan fingerprint density at radius 3 is 2.07 bits per heavy atom. The van der Waals surface area contributed by atoms with E-state index in [9.17, 15) is 26.7 Å². The fourth-order valence-electron chi connectivity index (χ4n) is 0.774. The van der Waals surface area contributed by atoms with Crippen LogP contribution in [-0.4, -0.2) is 29.1 Å². The van der Waals surface area contributed by atoms with Gasteiger partial charge in [-0.1, -0.05) is 13.3 Å². The summed E-state index contributed by atoms with van der Waals surface area (Å²) in [5.41, 5.74) is 0. The van der Waals surface area contributed by atoms with E-state index in [1.54, 1.807) is 0 Å². The van der Waals surface area contributed by atoms with E-state index in [1.165, 1.54) is 6.92 Å². The average molecular weight is 220 g/mol. The van der Waals surface area contributed by atoms with Crippen LogP contribution in [0.5, 0.6) is 0 Å². The lowest BCUT2D eigenvalue weighted by Crippen LogP contribution is -2.52. The average Bonchev–Trinajstić information content (AvgIpc) is 2.04. The van der Waals surface area contributed by atoms with E-state index in [0.29, 0.717) is 0 Å². The fraction of sp³-hybridized carbons (Fsp3) is 0.857. The van der Waals surface area contributed by atoms with Crippen molar-refractivity contribution in [1.29, 1.82) is 0 Å². The molecule has 0 aromatic carbocycles. The van der Waals surface area contributed by atoms with E-state index in [0.717, 1.165) is 0 Å². The smallest absolute Gasteiger partial charge is 0.407 e. The summed E-state index contributed by atoms with van der Waals surface area (Å²) < 4.78 is 62.2. The first kappa shape index (κ1) is 13.1. The maximum atomic E-state index is 12.5. The van der Waals surface area contributed by atoms with Crippen molar-refractivity contribution in [2.75, 3.05) is 0 Å². The van der Waals surface area contributed by atoms with E-state index < -0.39 is 30.4 Å². The first-order valence-corrected chi connectivity index (χ1v) is 3.81. The lowest BCUT2D eigenvalue weighted by atomic mass is 10.0. The van der Waals surface area contributed by atoms with E-state index in [-0.39, 0.29) is 6.42 Å². The molecule has 0 aromatic heterocycles. The summed E-state index contributed by atoms with van der Waals surface area (Å²) in [5, 5.41) is 7.80. The number of alkyl halides is 5. The zero-order valence-electron chi connectivity index (χ0n) is 7.24. The molecule has 2 nitrogen and oxygen atoms in total. The molecule has 0 saturated heterocycles. The van der Waals surface area contributed by atoms with Gasteiger partial charge in [-0.3, -0.25) is 0 Å². The summed E-state index contributed by atoms with van der Waals surface area (Å²) in [7, 11) is 0. The van der Waals surface area contributed by atoms with Crippen LogP contribution in [0.25, 0.3) is 0 Å². The van der Waals surface area contributed by atoms with E-state index in [4.69, 9.17) is 5.11 Å². The number of carboxylic acids is 1. The standard InChI is InChI=1S/C7H9F5O2/c1-2-3-4(8)6(9,10)7(11,12)5(13)14/h4H,2-3H2,1H3,(H,13,14). The molecule has 0 aromatic rings. The van der Waals surface area contributed by atoms with Crippen LogP contribution in [0.4, 0.5) is 22.0 Å². The summed E-state index contributed by atoms with van der Waals surface area (Å²) in [6, 6.07) is 0. The number of rotatable bonds is 5. The molecule has 0 aliphatic heterocycles. The van der Waals surface area contributed by atoms with Gasteiger partial charge in [0.2, 0.25) is 0 Å². The van der Waals surface area contributed by atoms with Gasteiger partial charge in [0, 0.05) is 0 Å². The third-order valence-electron chi connectivity index (χ3n) is 1.62. The molecule has 0 amide bonds. The van der Waals surface area contributed by atoms with Gasteiger partial charge in [0.1, 0.15) is 0 Å². The number of halogens is 5. The Kier molecular flexibility index (Phi) is 3.84. The molecule has 7 heteroatoms. The van der Waals surface area contributed by atoms with Crippen LogP contribution in [0.3, 0.4) is 0 Å². The highest BCUT2D eigenvalue weighted by atomic mass is 19.3. The first-order chi connectivity index (χ1) is 6.17. The predicted octanol–water partition coefficient (Wildman–Crippen LogP) is 2.48. The van der Waals surface area contributed by atoms with E-state index >= 15 is 0 Å². The maximum absolute atomic E-state index is 12.5. The third-order valence-corrected chi connectivity index (χ3v) is 1.62. The van der Waals surface area contributed by atoms with Crippen molar-refractivity contribution in [3.05, 3.63) is 0 Å². The van der Waals surface area contributed by atoms with Crippen molar-refractivity contribution in [3.8, 4) is 0 Å². The molecule has 0 rings (SSSR count). The van der Waals surface area contributed by atoms with Gasteiger partial charge in [0.15, 0.2) is 6.17 Å². The normalized spacial score (nSPS) is 15.3. The minimum absolute atomic E-state index is 0.0769. The number of hydrogen-bond donors (Lipinski definition) is 1. The molecular formula is C7H9F5O2. The van der Waals surface area contributed by atoms with Gasteiger partial charge in [-0.05, 0) is 6.42 Å². The first-order valence-electron chi connectivity index (χ1n) is 3.81. The number of aliphatic carboxylic acids is 1. The molecule has 84 valence electrons. The number of carboxylic acid groups (broad SMARTS) is 1. The Hall–Kier alpha value is -0.880. The summed E-state index contributed by atoms with van der Waals surface area (Å²) >= 11 is 0. The molecule has 0 spiro atoms. The second kappa shape index (κ2) is 4.10. The van der Waals surface area contributed by atoms with Gasteiger partial charge >= 0.3 is 17.8 Å². The van der Waals surface area contributed by atoms with Crippen LogP contribution in [0, 0.1) is 0 Å². The minimum atomic E-state index is -5.37. The van der Waals surface area contributed by atoms with Crippen molar-refractivity contribution in [1.82, 2.24) is 0 Å². The van der Waals surface area contributed by atoms with Crippen LogP contribution in [0.1, 0.15) is 19.8 Å². The molecule has 1 atom stereocenters.